The van der Waals surface area contributed by atoms with Crippen LogP contribution < -0.4 is 5.32 Å². The number of likely N-dealkylation sites (tertiary alicyclic amines) is 1. The van der Waals surface area contributed by atoms with E-state index >= 15 is 0 Å². The quantitative estimate of drug-likeness (QED) is 0.906. The fraction of sp³-hybridized carbons (Fsp3) is 0.611. The lowest BCUT2D eigenvalue weighted by atomic mass is 9.89. The number of hydrogen-bond donors (Lipinski definition) is 1. The van der Waals surface area contributed by atoms with Crippen molar-refractivity contribution >= 4 is 5.91 Å². The average molecular weight is 322 g/mol. The van der Waals surface area contributed by atoms with Crippen LogP contribution >= 0.6 is 0 Å². The molecule has 0 spiro atoms. The largest absolute Gasteiger partial charge is 0.339 e. The first-order valence-corrected chi connectivity index (χ1v) is 8.55. The molecular formula is C18H24F2N2O. The average Bonchev–Trinajstić information content (AvgIpc) is 2.57. The van der Waals surface area contributed by atoms with Crippen LogP contribution in [-0.2, 0) is 0 Å². The number of rotatable bonds is 2. The van der Waals surface area contributed by atoms with E-state index in [0.717, 1.165) is 44.8 Å². The normalized spacial score (nSPS) is 20.7. The molecule has 5 heteroatoms. The minimum atomic E-state index is -0.594. The van der Waals surface area contributed by atoms with Crippen LogP contribution in [-0.4, -0.2) is 37.0 Å². The number of nitrogens with zero attached hydrogens (tertiary/aromatic N) is 1. The molecule has 1 N–H and O–H groups in total. The van der Waals surface area contributed by atoms with Gasteiger partial charge in [-0.3, -0.25) is 4.79 Å². The summed E-state index contributed by atoms with van der Waals surface area (Å²) in [6, 6.07) is 2.35. The highest BCUT2D eigenvalue weighted by Gasteiger charge is 2.26. The van der Waals surface area contributed by atoms with E-state index in [2.05, 4.69) is 12.2 Å². The zero-order valence-electron chi connectivity index (χ0n) is 13.6. The maximum atomic E-state index is 14.4. The zero-order chi connectivity index (χ0) is 16.4. The van der Waals surface area contributed by atoms with Gasteiger partial charge in [0.1, 0.15) is 11.6 Å². The Balaban J connectivity index is 1.80. The summed E-state index contributed by atoms with van der Waals surface area (Å²) in [5.74, 6) is -0.811. The Morgan fingerprint density at radius 1 is 1.09 bits per heavy atom. The van der Waals surface area contributed by atoms with Crippen LogP contribution in [0.3, 0.4) is 0 Å². The molecule has 0 bridgehead atoms. The number of amides is 1. The third-order valence-electron chi connectivity index (χ3n) is 5.17. The Labute approximate surface area is 136 Å². The van der Waals surface area contributed by atoms with E-state index in [4.69, 9.17) is 0 Å². The highest BCUT2D eigenvalue weighted by molar-refractivity contribution is 5.94. The van der Waals surface area contributed by atoms with Crippen LogP contribution in [0.25, 0.3) is 0 Å². The second kappa shape index (κ2) is 6.95. The van der Waals surface area contributed by atoms with E-state index in [1.807, 2.05) is 0 Å². The molecule has 0 unspecified atom stereocenters. The minimum absolute atomic E-state index is 0.0331. The molecule has 0 aliphatic carbocycles. The van der Waals surface area contributed by atoms with Crippen LogP contribution in [0.1, 0.15) is 54.4 Å². The summed E-state index contributed by atoms with van der Waals surface area (Å²) in [5, 5.41) is 3.22. The van der Waals surface area contributed by atoms with E-state index in [1.54, 1.807) is 4.90 Å². The van der Waals surface area contributed by atoms with Gasteiger partial charge in [-0.25, -0.2) is 8.78 Å². The molecule has 2 heterocycles. The van der Waals surface area contributed by atoms with Crippen molar-refractivity contribution in [1.82, 2.24) is 10.2 Å². The molecular weight excluding hydrogens is 298 g/mol. The molecule has 126 valence electrons. The van der Waals surface area contributed by atoms with Gasteiger partial charge in [0.25, 0.3) is 5.91 Å². The molecule has 0 radical (unpaired) electrons. The Morgan fingerprint density at radius 2 is 1.74 bits per heavy atom. The van der Waals surface area contributed by atoms with Crippen LogP contribution in [0.2, 0.25) is 0 Å². The van der Waals surface area contributed by atoms with Crippen LogP contribution in [0.5, 0.6) is 0 Å². The number of carbonyl (C=O) groups is 1. The highest BCUT2D eigenvalue weighted by Crippen LogP contribution is 2.30. The summed E-state index contributed by atoms with van der Waals surface area (Å²) in [6.07, 6.45) is 3.44. The van der Waals surface area contributed by atoms with Gasteiger partial charge in [0, 0.05) is 13.1 Å². The lowest BCUT2D eigenvalue weighted by molar-refractivity contribution is 0.0692. The molecule has 1 aromatic rings. The number of halogens is 2. The SMILES string of the molecule is CC1CCN(C(=O)c2cc(F)c(C3CCNCC3)cc2F)CC1. The Hall–Kier alpha value is -1.49. The fourth-order valence-electron chi connectivity index (χ4n) is 3.55. The molecule has 3 nitrogen and oxygen atoms in total. The van der Waals surface area contributed by atoms with Gasteiger partial charge in [-0.1, -0.05) is 6.92 Å². The zero-order valence-corrected chi connectivity index (χ0v) is 13.6. The molecule has 2 fully saturated rings. The second-order valence-electron chi connectivity index (χ2n) is 6.85. The van der Waals surface area contributed by atoms with Crippen molar-refractivity contribution in [3.63, 3.8) is 0 Å². The summed E-state index contributed by atoms with van der Waals surface area (Å²) in [4.78, 5) is 14.1. The second-order valence-corrected chi connectivity index (χ2v) is 6.85. The first kappa shape index (κ1) is 16.4. The Bertz CT molecular complexity index is 577. The summed E-state index contributed by atoms with van der Waals surface area (Å²) >= 11 is 0. The van der Waals surface area contributed by atoms with Crippen LogP contribution in [0, 0.1) is 17.6 Å². The molecule has 2 aliphatic heterocycles. The molecule has 3 rings (SSSR count). The number of carbonyl (C=O) groups excluding carboxylic acids is 1. The van der Waals surface area contributed by atoms with Gasteiger partial charge in [-0.2, -0.15) is 0 Å². The fourth-order valence-corrected chi connectivity index (χ4v) is 3.55. The van der Waals surface area contributed by atoms with Gasteiger partial charge < -0.3 is 10.2 Å². The lowest BCUT2D eigenvalue weighted by Gasteiger charge is -2.30. The summed E-state index contributed by atoms with van der Waals surface area (Å²) in [7, 11) is 0. The highest BCUT2D eigenvalue weighted by atomic mass is 19.1. The molecule has 2 saturated heterocycles. The van der Waals surface area contributed by atoms with Gasteiger partial charge in [-0.05, 0) is 68.3 Å². The minimum Gasteiger partial charge on any atom is -0.339 e. The van der Waals surface area contributed by atoms with Gasteiger partial charge >= 0.3 is 0 Å². The number of hydrogen-bond acceptors (Lipinski definition) is 2. The van der Waals surface area contributed by atoms with Crippen molar-refractivity contribution in [3.05, 3.63) is 34.9 Å². The summed E-state index contributed by atoms with van der Waals surface area (Å²) < 4.78 is 28.9. The first-order chi connectivity index (χ1) is 11.1. The lowest BCUT2D eigenvalue weighted by Crippen LogP contribution is -2.38. The predicted molar refractivity (Wildman–Crippen MR) is 85.5 cm³/mol. The molecule has 0 atom stereocenters. The van der Waals surface area contributed by atoms with Crippen LogP contribution in [0.15, 0.2) is 12.1 Å². The van der Waals surface area contributed by atoms with Gasteiger partial charge in [0.05, 0.1) is 5.56 Å². The number of benzene rings is 1. The standard InChI is InChI=1S/C18H24F2N2O/c1-12-4-8-22(9-5-12)18(23)15-11-16(19)14(10-17(15)20)13-2-6-21-7-3-13/h10-13,21H,2-9H2,1H3. The molecule has 1 amide bonds. The Morgan fingerprint density at radius 3 is 2.39 bits per heavy atom. The third kappa shape index (κ3) is 3.55. The molecule has 0 aromatic heterocycles. The van der Waals surface area contributed by atoms with E-state index in [9.17, 15) is 13.6 Å². The number of piperidine rings is 2. The number of nitrogens with one attached hydrogen (secondary N) is 1. The molecule has 0 saturated carbocycles. The van der Waals surface area contributed by atoms with Gasteiger partial charge in [0.15, 0.2) is 0 Å². The topological polar surface area (TPSA) is 32.3 Å². The van der Waals surface area contributed by atoms with Crippen molar-refractivity contribution in [2.45, 2.75) is 38.5 Å². The molecule has 23 heavy (non-hydrogen) atoms. The third-order valence-corrected chi connectivity index (χ3v) is 5.17. The van der Waals surface area contributed by atoms with Crippen molar-refractivity contribution in [2.24, 2.45) is 5.92 Å². The smallest absolute Gasteiger partial charge is 0.256 e. The van der Waals surface area contributed by atoms with Crippen LogP contribution in [0.4, 0.5) is 8.78 Å². The Kier molecular flexibility index (Phi) is 4.95. The van der Waals surface area contributed by atoms with E-state index < -0.39 is 11.6 Å². The van der Waals surface area contributed by atoms with Crippen molar-refractivity contribution < 1.29 is 13.6 Å². The van der Waals surface area contributed by atoms with Crippen molar-refractivity contribution in [1.29, 1.82) is 0 Å². The summed E-state index contributed by atoms with van der Waals surface area (Å²) in [5.41, 5.74) is 0.280. The summed E-state index contributed by atoms with van der Waals surface area (Å²) in [6.45, 7) is 5.03. The van der Waals surface area contributed by atoms with Crippen molar-refractivity contribution in [3.8, 4) is 0 Å². The molecule has 2 aliphatic rings. The monoisotopic (exact) mass is 322 g/mol. The predicted octanol–water partition coefficient (Wildman–Crippen LogP) is 3.30. The molecule has 1 aromatic carbocycles. The van der Waals surface area contributed by atoms with E-state index in [1.165, 1.54) is 6.07 Å². The maximum absolute atomic E-state index is 14.4. The van der Waals surface area contributed by atoms with Crippen molar-refractivity contribution in [2.75, 3.05) is 26.2 Å². The van der Waals surface area contributed by atoms with Gasteiger partial charge in [-0.15, -0.1) is 0 Å². The van der Waals surface area contributed by atoms with E-state index in [-0.39, 0.29) is 17.4 Å². The van der Waals surface area contributed by atoms with E-state index in [0.29, 0.717) is 24.6 Å². The van der Waals surface area contributed by atoms with Gasteiger partial charge in [0.2, 0.25) is 0 Å². The maximum Gasteiger partial charge on any atom is 0.256 e. The first-order valence-electron chi connectivity index (χ1n) is 8.55.